The molecule has 3 saturated heterocycles. The summed E-state index contributed by atoms with van der Waals surface area (Å²) in [5.41, 5.74) is 5.34. The van der Waals surface area contributed by atoms with Crippen LogP contribution in [0.1, 0.15) is 81.0 Å². The van der Waals surface area contributed by atoms with Crippen molar-refractivity contribution in [3.63, 3.8) is 0 Å². The number of primary amides is 1. The van der Waals surface area contributed by atoms with Crippen LogP contribution in [0.5, 0.6) is 0 Å². The summed E-state index contributed by atoms with van der Waals surface area (Å²) < 4.78 is 5.62. The first kappa shape index (κ1) is 33.3. The van der Waals surface area contributed by atoms with E-state index in [1.165, 1.54) is 37.3 Å². The summed E-state index contributed by atoms with van der Waals surface area (Å²) in [6, 6.07) is 0.153. The third kappa shape index (κ3) is 9.33. The molecule has 0 spiro atoms. The van der Waals surface area contributed by atoms with Gasteiger partial charge in [-0.25, -0.2) is 9.59 Å². The maximum absolute atomic E-state index is 13.0. The highest BCUT2D eigenvalue weighted by atomic mass is 35.5. The molecule has 0 aliphatic carbocycles. The standard InChI is InChI=1S/C22H39N5O4.C2H6.CH4.ClH.H2/c1-3-19(31-22(30)27-15-7-17(8-16-27)24(2)21(23)29)20(28)26-13-9-18(10-14-26)25-11-5-4-6-12-25;1-2;;;/h17-19H,3-16H2,1-2H3,(H2,23,29);1-2H3;1H4;2*1H/t19-;;;;/m1..../s1. The number of nitrogens with two attached hydrogens (primary N) is 1. The number of rotatable bonds is 5. The third-order valence-corrected chi connectivity index (χ3v) is 7.19. The number of hydrogen-bond acceptors (Lipinski definition) is 5. The van der Waals surface area contributed by atoms with Crippen molar-refractivity contribution < 1.29 is 20.5 Å². The van der Waals surface area contributed by atoms with E-state index in [1.54, 1.807) is 11.9 Å². The average molecular weight is 522 g/mol. The summed E-state index contributed by atoms with van der Waals surface area (Å²) in [5.74, 6) is -0.0729. The third-order valence-electron chi connectivity index (χ3n) is 7.19. The Kier molecular flexibility index (Phi) is 16.0. The van der Waals surface area contributed by atoms with Crippen LogP contribution in [0.25, 0.3) is 0 Å². The first-order valence-corrected chi connectivity index (χ1v) is 12.9. The van der Waals surface area contributed by atoms with Gasteiger partial charge in [0.15, 0.2) is 6.10 Å². The number of carbonyl (C=O) groups is 3. The molecule has 0 aromatic carbocycles. The molecule has 35 heavy (non-hydrogen) atoms. The van der Waals surface area contributed by atoms with E-state index in [-0.39, 0.29) is 33.2 Å². The molecule has 0 saturated carbocycles. The minimum Gasteiger partial charge on any atom is -0.436 e. The van der Waals surface area contributed by atoms with Gasteiger partial charge in [-0.1, -0.05) is 34.6 Å². The van der Waals surface area contributed by atoms with Gasteiger partial charge >= 0.3 is 12.1 Å². The first-order chi connectivity index (χ1) is 15.9. The minimum absolute atomic E-state index is 0. The van der Waals surface area contributed by atoms with Crippen molar-refractivity contribution in [2.75, 3.05) is 46.3 Å². The van der Waals surface area contributed by atoms with E-state index in [1.807, 2.05) is 25.7 Å². The lowest BCUT2D eigenvalue weighted by Crippen LogP contribution is -2.52. The molecule has 3 aliphatic heterocycles. The van der Waals surface area contributed by atoms with Gasteiger partial charge in [-0.15, -0.1) is 12.4 Å². The van der Waals surface area contributed by atoms with Gasteiger partial charge in [-0.2, -0.15) is 0 Å². The van der Waals surface area contributed by atoms with Gasteiger partial charge in [-0.3, -0.25) is 4.79 Å². The summed E-state index contributed by atoms with van der Waals surface area (Å²) in [6.07, 6.45) is 6.50. The van der Waals surface area contributed by atoms with Gasteiger partial charge in [0.25, 0.3) is 5.91 Å². The van der Waals surface area contributed by atoms with Crippen LogP contribution in [0.2, 0.25) is 0 Å². The number of likely N-dealkylation sites (tertiary alicyclic amines) is 3. The Morgan fingerprint density at radius 1 is 0.943 bits per heavy atom. The molecule has 1 atom stereocenters. The molecule has 2 N–H and O–H groups in total. The largest absolute Gasteiger partial charge is 0.436 e. The Hall–Kier alpha value is -1.74. The second kappa shape index (κ2) is 16.8. The minimum atomic E-state index is -0.731. The van der Waals surface area contributed by atoms with E-state index in [9.17, 15) is 14.4 Å². The molecule has 0 aromatic heterocycles. The van der Waals surface area contributed by atoms with Crippen molar-refractivity contribution in [1.82, 2.24) is 19.6 Å². The van der Waals surface area contributed by atoms with Crippen LogP contribution in [-0.2, 0) is 9.53 Å². The zero-order valence-electron chi connectivity index (χ0n) is 21.5. The fraction of sp³-hybridized carbons (Fsp3) is 0.880. The smallest absolute Gasteiger partial charge is 0.410 e. The molecule has 3 rings (SSSR count). The molecule has 9 nitrogen and oxygen atoms in total. The zero-order valence-corrected chi connectivity index (χ0v) is 22.4. The van der Waals surface area contributed by atoms with E-state index in [2.05, 4.69) is 4.90 Å². The highest BCUT2D eigenvalue weighted by Crippen LogP contribution is 2.22. The van der Waals surface area contributed by atoms with Crippen LogP contribution in [0, 0.1) is 0 Å². The molecule has 0 bridgehead atoms. The number of nitrogens with zero attached hydrogens (tertiary/aromatic N) is 4. The second-order valence-corrected chi connectivity index (χ2v) is 9.10. The summed E-state index contributed by atoms with van der Waals surface area (Å²) in [7, 11) is 1.68. The molecule has 3 heterocycles. The molecule has 0 unspecified atom stereocenters. The molecular formula is C25H52ClN5O4. The fourth-order valence-electron chi connectivity index (χ4n) is 5.06. The maximum atomic E-state index is 13.0. The maximum Gasteiger partial charge on any atom is 0.410 e. The molecule has 10 heteroatoms. The molecular weight excluding hydrogens is 470 g/mol. The lowest BCUT2D eigenvalue weighted by molar-refractivity contribution is -0.142. The molecule has 3 aliphatic rings. The number of carbonyl (C=O) groups excluding carboxylic acids is 3. The summed E-state index contributed by atoms with van der Waals surface area (Å²) >= 11 is 0. The van der Waals surface area contributed by atoms with Crippen molar-refractivity contribution in [2.24, 2.45) is 5.73 Å². The van der Waals surface area contributed by atoms with Crippen molar-refractivity contribution in [3.05, 3.63) is 0 Å². The number of urea groups is 1. The lowest BCUT2D eigenvalue weighted by atomic mass is 9.99. The van der Waals surface area contributed by atoms with Crippen molar-refractivity contribution in [3.8, 4) is 0 Å². The topological polar surface area (TPSA) is 99.4 Å². The summed E-state index contributed by atoms with van der Waals surface area (Å²) in [5, 5.41) is 0. The number of hydrogen-bond donors (Lipinski definition) is 1. The molecule has 0 radical (unpaired) electrons. The number of amides is 4. The second-order valence-electron chi connectivity index (χ2n) is 9.10. The summed E-state index contributed by atoms with van der Waals surface area (Å²) in [4.78, 5) is 44.6. The van der Waals surface area contributed by atoms with Crippen LogP contribution in [0.4, 0.5) is 9.59 Å². The Labute approximate surface area is 220 Å². The highest BCUT2D eigenvalue weighted by molar-refractivity contribution is 5.85. The van der Waals surface area contributed by atoms with Crippen LogP contribution in [-0.4, -0.2) is 102 Å². The number of ether oxygens (including phenoxy) is 1. The van der Waals surface area contributed by atoms with Crippen LogP contribution in [0.15, 0.2) is 0 Å². The molecule has 208 valence electrons. The quantitative estimate of drug-likeness (QED) is 0.585. The Bertz CT molecular complexity index is 638. The van der Waals surface area contributed by atoms with Crippen molar-refractivity contribution >= 4 is 30.4 Å². The Morgan fingerprint density at radius 2 is 1.46 bits per heavy atom. The fourth-order valence-corrected chi connectivity index (χ4v) is 5.06. The van der Waals surface area contributed by atoms with Gasteiger partial charge in [0.2, 0.25) is 0 Å². The lowest BCUT2D eigenvalue weighted by Gasteiger charge is -2.41. The van der Waals surface area contributed by atoms with Gasteiger partial charge in [0.1, 0.15) is 0 Å². The van der Waals surface area contributed by atoms with Crippen LogP contribution in [0.3, 0.4) is 0 Å². The molecule has 4 amide bonds. The predicted octanol–water partition coefficient (Wildman–Crippen LogP) is 4.18. The summed E-state index contributed by atoms with van der Waals surface area (Å²) in [6.45, 7) is 10.7. The normalized spacial score (nSPS) is 20.3. The Balaban J connectivity index is 0. The van der Waals surface area contributed by atoms with Gasteiger partial charge in [0.05, 0.1) is 0 Å². The van der Waals surface area contributed by atoms with E-state index in [0.29, 0.717) is 38.4 Å². The monoisotopic (exact) mass is 521 g/mol. The van der Waals surface area contributed by atoms with Gasteiger partial charge in [-0.05, 0) is 58.0 Å². The van der Waals surface area contributed by atoms with Gasteiger partial charge < -0.3 is 30.1 Å². The predicted molar refractivity (Wildman–Crippen MR) is 145 cm³/mol. The Morgan fingerprint density at radius 3 is 1.94 bits per heavy atom. The number of halogens is 1. The van der Waals surface area contributed by atoms with E-state index in [4.69, 9.17) is 10.5 Å². The van der Waals surface area contributed by atoms with E-state index < -0.39 is 18.2 Å². The van der Waals surface area contributed by atoms with E-state index in [0.717, 1.165) is 25.9 Å². The highest BCUT2D eigenvalue weighted by Gasteiger charge is 2.34. The molecule has 3 fully saturated rings. The average Bonchev–Trinajstić information content (AvgIpc) is 2.88. The van der Waals surface area contributed by atoms with Gasteiger partial charge in [0, 0.05) is 46.7 Å². The van der Waals surface area contributed by atoms with Crippen LogP contribution >= 0.6 is 12.4 Å². The number of piperidine rings is 3. The van der Waals surface area contributed by atoms with E-state index >= 15 is 0 Å². The van der Waals surface area contributed by atoms with Crippen molar-refractivity contribution in [2.45, 2.75) is 97.8 Å². The zero-order chi connectivity index (χ0) is 24.4. The first-order valence-electron chi connectivity index (χ1n) is 12.9. The van der Waals surface area contributed by atoms with Crippen LogP contribution < -0.4 is 5.73 Å². The van der Waals surface area contributed by atoms with Crippen molar-refractivity contribution in [1.29, 1.82) is 0 Å². The molecule has 0 aromatic rings. The SMILES string of the molecule is C.CC.CC[C@@H](OC(=O)N1CCC(N(C)C(N)=O)CC1)C(=O)N1CCC(N2CCCCC2)CC1.Cl.[HH].